The number of rotatable bonds is 4. The molecule has 0 saturated carbocycles. The Morgan fingerprint density at radius 2 is 1.95 bits per heavy atom. The molecule has 3 rings (SSSR count). The Bertz CT molecular complexity index is 758. The van der Waals surface area contributed by atoms with E-state index in [1.807, 2.05) is 24.4 Å². The van der Waals surface area contributed by atoms with Gasteiger partial charge in [0, 0.05) is 17.8 Å². The van der Waals surface area contributed by atoms with Crippen LogP contribution in [0.15, 0.2) is 42.6 Å². The number of hydrogen-bond acceptors (Lipinski definition) is 3. The molecule has 4 heteroatoms. The van der Waals surface area contributed by atoms with Gasteiger partial charge < -0.3 is 10.3 Å². The second-order valence-corrected chi connectivity index (χ2v) is 5.44. The Kier molecular flexibility index (Phi) is 3.71. The fourth-order valence-corrected chi connectivity index (χ4v) is 2.72. The van der Waals surface area contributed by atoms with E-state index in [1.165, 1.54) is 5.56 Å². The highest BCUT2D eigenvalue weighted by Gasteiger charge is 2.17. The summed E-state index contributed by atoms with van der Waals surface area (Å²) >= 11 is 0. The number of aromatic nitrogens is 3. The van der Waals surface area contributed by atoms with Crippen LogP contribution in [0.3, 0.4) is 0 Å². The third-order valence-corrected chi connectivity index (χ3v) is 3.64. The number of nitrogens with two attached hydrogens (primary N) is 1. The molecule has 0 aliphatic rings. The van der Waals surface area contributed by atoms with Gasteiger partial charge >= 0.3 is 0 Å². The summed E-state index contributed by atoms with van der Waals surface area (Å²) in [5, 5.41) is 0. The first kappa shape index (κ1) is 13.8. The Balaban J connectivity index is 2.27. The lowest BCUT2D eigenvalue weighted by Gasteiger charge is -2.14. The molecule has 0 aliphatic carbocycles. The van der Waals surface area contributed by atoms with Gasteiger partial charge in [0.05, 0.1) is 0 Å². The lowest BCUT2D eigenvalue weighted by Crippen LogP contribution is -2.08. The van der Waals surface area contributed by atoms with Gasteiger partial charge in [-0.15, -0.1) is 0 Å². The summed E-state index contributed by atoms with van der Waals surface area (Å²) in [6.07, 6.45) is 2.67. The smallest absolute Gasteiger partial charge is 0.160 e. The molecule has 3 aromatic rings. The minimum Gasteiger partial charge on any atom is -0.330 e. The zero-order chi connectivity index (χ0) is 14.8. The monoisotopic (exact) mass is 280 g/mol. The van der Waals surface area contributed by atoms with E-state index in [0.29, 0.717) is 12.6 Å². The van der Waals surface area contributed by atoms with Crippen LogP contribution in [0.4, 0.5) is 0 Å². The highest BCUT2D eigenvalue weighted by atomic mass is 15.1. The highest BCUT2D eigenvalue weighted by molar-refractivity contribution is 5.78. The third-order valence-electron chi connectivity index (χ3n) is 3.64. The number of imidazole rings is 1. The molecule has 108 valence electrons. The highest BCUT2D eigenvalue weighted by Crippen LogP contribution is 2.29. The molecule has 0 saturated heterocycles. The van der Waals surface area contributed by atoms with E-state index in [9.17, 15) is 0 Å². The number of benzene rings is 1. The standard InChI is InChI=1S/C17H20N4/c1-12(2)21-16(20-15-8-5-11-19-17(15)21)14-7-4-3-6-13(14)9-10-18/h3-8,11-12H,9-10,18H2,1-2H3. The molecule has 0 spiro atoms. The maximum Gasteiger partial charge on any atom is 0.160 e. The SMILES string of the molecule is CC(C)n1c(-c2ccccc2CCN)nc2cccnc21. The minimum absolute atomic E-state index is 0.297. The van der Waals surface area contributed by atoms with Crippen LogP contribution in [0.5, 0.6) is 0 Å². The molecule has 2 heterocycles. The summed E-state index contributed by atoms with van der Waals surface area (Å²) in [4.78, 5) is 9.31. The average Bonchev–Trinajstić information content (AvgIpc) is 2.87. The quantitative estimate of drug-likeness (QED) is 0.798. The molecule has 0 unspecified atom stereocenters. The predicted octanol–water partition coefficient (Wildman–Crippen LogP) is 3.18. The summed E-state index contributed by atoms with van der Waals surface area (Å²) in [6.45, 7) is 4.95. The summed E-state index contributed by atoms with van der Waals surface area (Å²) in [6, 6.07) is 12.6. The maximum absolute atomic E-state index is 5.74. The van der Waals surface area contributed by atoms with Crippen molar-refractivity contribution in [2.24, 2.45) is 5.73 Å². The van der Waals surface area contributed by atoms with Gasteiger partial charge in [0.15, 0.2) is 5.65 Å². The second kappa shape index (κ2) is 5.66. The number of fused-ring (bicyclic) bond motifs is 1. The first-order chi connectivity index (χ1) is 10.2. The Morgan fingerprint density at radius 3 is 2.71 bits per heavy atom. The fraction of sp³-hybridized carbons (Fsp3) is 0.294. The third kappa shape index (κ3) is 2.43. The fourth-order valence-electron chi connectivity index (χ4n) is 2.72. The van der Waals surface area contributed by atoms with E-state index in [-0.39, 0.29) is 0 Å². The van der Waals surface area contributed by atoms with Crippen LogP contribution in [-0.2, 0) is 6.42 Å². The van der Waals surface area contributed by atoms with Gasteiger partial charge in [0.25, 0.3) is 0 Å². The van der Waals surface area contributed by atoms with Crippen LogP contribution in [0.25, 0.3) is 22.6 Å². The predicted molar refractivity (Wildman–Crippen MR) is 86.1 cm³/mol. The molecule has 0 bridgehead atoms. The molecule has 0 fully saturated rings. The first-order valence-electron chi connectivity index (χ1n) is 7.33. The largest absolute Gasteiger partial charge is 0.330 e. The van der Waals surface area contributed by atoms with Crippen molar-refractivity contribution < 1.29 is 0 Å². The van der Waals surface area contributed by atoms with Crippen LogP contribution < -0.4 is 5.73 Å². The van der Waals surface area contributed by atoms with E-state index in [1.54, 1.807) is 0 Å². The Labute approximate surface area is 124 Å². The van der Waals surface area contributed by atoms with Crippen LogP contribution in [-0.4, -0.2) is 21.1 Å². The van der Waals surface area contributed by atoms with Crippen molar-refractivity contribution >= 4 is 11.2 Å². The van der Waals surface area contributed by atoms with Gasteiger partial charge in [0.1, 0.15) is 11.3 Å². The summed E-state index contributed by atoms with van der Waals surface area (Å²) < 4.78 is 2.20. The molecule has 0 amide bonds. The van der Waals surface area contributed by atoms with Crippen molar-refractivity contribution in [1.29, 1.82) is 0 Å². The van der Waals surface area contributed by atoms with Crippen LogP contribution in [0.1, 0.15) is 25.5 Å². The van der Waals surface area contributed by atoms with Gasteiger partial charge in [0.2, 0.25) is 0 Å². The van der Waals surface area contributed by atoms with Gasteiger partial charge in [-0.05, 0) is 44.5 Å². The average molecular weight is 280 g/mol. The van der Waals surface area contributed by atoms with Crippen LogP contribution in [0.2, 0.25) is 0 Å². The lowest BCUT2D eigenvalue weighted by atomic mass is 10.0. The first-order valence-corrected chi connectivity index (χ1v) is 7.33. The van der Waals surface area contributed by atoms with E-state index >= 15 is 0 Å². The minimum atomic E-state index is 0.297. The molecule has 1 aromatic carbocycles. The molecule has 0 aliphatic heterocycles. The molecule has 2 aromatic heterocycles. The number of hydrogen-bond donors (Lipinski definition) is 1. The van der Waals surface area contributed by atoms with Crippen molar-refractivity contribution in [3.8, 4) is 11.4 Å². The van der Waals surface area contributed by atoms with Crippen LogP contribution >= 0.6 is 0 Å². The van der Waals surface area contributed by atoms with Gasteiger partial charge in [-0.2, -0.15) is 0 Å². The molecule has 21 heavy (non-hydrogen) atoms. The second-order valence-electron chi connectivity index (χ2n) is 5.44. The van der Waals surface area contributed by atoms with Gasteiger partial charge in [-0.3, -0.25) is 0 Å². The van der Waals surface area contributed by atoms with E-state index in [2.05, 4.69) is 41.6 Å². The topological polar surface area (TPSA) is 56.7 Å². The number of nitrogens with zero attached hydrogens (tertiary/aromatic N) is 3. The van der Waals surface area contributed by atoms with Gasteiger partial charge in [-0.25, -0.2) is 9.97 Å². The molecule has 0 atom stereocenters. The Hall–Kier alpha value is -2.20. The normalized spacial score (nSPS) is 11.4. The number of pyridine rings is 1. The lowest BCUT2D eigenvalue weighted by molar-refractivity contribution is 0.619. The van der Waals surface area contributed by atoms with Crippen molar-refractivity contribution in [1.82, 2.24) is 14.5 Å². The zero-order valence-corrected chi connectivity index (χ0v) is 12.5. The molecular formula is C17H20N4. The summed E-state index contributed by atoms with van der Waals surface area (Å²) in [5.41, 5.74) is 9.99. The van der Waals surface area contributed by atoms with Gasteiger partial charge in [-0.1, -0.05) is 24.3 Å². The zero-order valence-electron chi connectivity index (χ0n) is 12.5. The summed E-state index contributed by atoms with van der Waals surface area (Å²) in [7, 11) is 0. The van der Waals surface area contributed by atoms with Crippen molar-refractivity contribution in [2.75, 3.05) is 6.54 Å². The summed E-state index contributed by atoms with van der Waals surface area (Å²) in [5.74, 6) is 0.975. The van der Waals surface area contributed by atoms with Crippen molar-refractivity contribution in [3.05, 3.63) is 48.2 Å². The Morgan fingerprint density at radius 1 is 1.14 bits per heavy atom. The molecule has 0 radical (unpaired) electrons. The maximum atomic E-state index is 5.74. The molecule has 4 nitrogen and oxygen atoms in total. The van der Waals surface area contributed by atoms with E-state index < -0.39 is 0 Å². The molecular weight excluding hydrogens is 260 g/mol. The van der Waals surface area contributed by atoms with Crippen molar-refractivity contribution in [2.45, 2.75) is 26.3 Å². The van der Waals surface area contributed by atoms with Crippen molar-refractivity contribution in [3.63, 3.8) is 0 Å². The van der Waals surface area contributed by atoms with E-state index in [0.717, 1.165) is 29.0 Å². The van der Waals surface area contributed by atoms with Crippen LogP contribution in [0, 0.1) is 0 Å². The van der Waals surface area contributed by atoms with E-state index in [4.69, 9.17) is 10.7 Å². The molecule has 2 N–H and O–H groups in total.